The van der Waals surface area contributed by atoms with Gasteiger partial charge in [-0.05, 0) is 53.4 Å². The topological polar surface area (TPSA) is 121 Å². The van der Waals surface area contributed by atoms with Crippen molar-refractivity contribution >= 4 is 11.3 Å². The number of rotatable bonds is 9. The molecule has 172 valence electrons. The summed E-state index contributed by atoms with van der Waals surface area (Å²) in [6.45, 7) is 1.13. The van der Waals surface area contributed by atoms with Crippen molar-refractivity contribution < 1.29 is 35.0 Å². The van der Waals surface area contributed by atoms with Gasteiger partial charge in [-0.25, -0.2) is 4.39 Å². The van der Waals surface area contributed by atoms with Crippen molar-refractivity contribution in [1.82, 2.24) is 0 Å². The minimum absolute atomic E-state index is 0.290. The normalized spacial score (nSPS) is 16.4. The summed E-state index contributed by atoms with van der Waals surface area (Å²) >= 11 is 1.57. The first-order valence-electron chi connectivity index (χ1n) is 10.2. The summed E-state index contributed by atoms with van der Waals surface area (Å²) < 4.78 is 13.2. The number of halogens is 1. The van der Waals surface area contributed by atoms with Gasteiger partial charge in [-0.3, -0.25) is 0 Å². The molecule has 0 saturated heterocycles. The van der Waals surface area contributed by atoms with E-state index in [-0.39, 0.29) is 5.82 Å². The van der Waals surface area contributed by atoms with Crippen molar-refractivity contribution in [2.24, 2.45) is 0 Å². The Morgan fingerprint density at radius 3 is 2.19 bits per heavy atom. The van der Waals surface area contributed by atoms with Crippen LogP contribution in [0.5, 0.6) is 0 Å². The molecule has 0 aliphatic carbocycles. The third-order valence-electron chi connectivity index (χ3n) is 5.47. The van der Waals surface area contributed by atoms with Gasteiger partial charge in [-0.1, -0.05) is 30.3 Å². The van der Waals surface area contributed by atoms with Gasteiger partial charge in [0.2, 0.25) is 0 Å². The molecule has 3 rings (SSSR count). The standard InChI is InChI=1S/C24H27FO6S/c1-13-2-3-15(21(28)23(30)24(31)22(29)19(27)12-26)10-16(13)11-18-8-9-20(32-18)14-4-6-17(25)7-5-14/h2-10,19,21-24,26-31H,11-12H2,1H3/t19-,21+,22-,23+,24+/m1/s1. The fraction of sp³-hybridized carbons (Fsp3) is 0.333. The van der Waals surface area contributed by atoms with E-state index in [1.54, 1.807) is 41.7 Å². The van der Waals surface area contributed by atoms with Gasteiger partial charge >= 0.3 is 0 Å². The molecule has 0 aliphatic rings. The van der Waals surface area contributed by atoms with Gasteiger partial charge in [-0.15, -0.1) is 11.3 Å². The van der Waals surface area contributed by atoms with Crippen LogP contribution in [0, 0.1) is 12.7 Å². The van der Waals surface area contributed by atoms with E-state index in [9.17, 15) is 29.9 Å². The van der Waals surface area contributed by atoms with Crippen LogP contribution in [0.3, 0.4) is 0 Å². The van der Waals surface area contributed by atoms with E-state index < -0.39 is 37.1 Å². The largest absolute Gasteiger partial charge is 0.394 e. The summed E-state index contributed by atoms with van der Waals surface area (Å²) in [5, 5.41) is 59.0. The highest BCUT2D eigenvalue weighted by Crippen LogP contribution is 2.31. The van der Waals surface area contributed by atoms with Gasteiger partial charge in [0.15, 0.2) is 0 Å². The zero-order chi connectivity index (χ0) is 23.4. The van der Waals surface area contributed by atoms with Crippen LogP contribution in [0.2, 0.25) is 0 Å². The minimum atomic E-state index is -1.85. The second-order valence-corrected chi connectivity index (χ2v) is 8.97. The molecular formula is C24H27FO6S. The molecule has 0 bridgehead atoms. The summed E-state index contributed by atoms with van der Waals surface area (Å²) in [5.41, 5.74) is 3.15. The zero-order valence-electron chi connectivity index (χ0n) is 17.5. The molecule has 6 N–H and O–H groups in total. The van der Waals surface area contributed by atoms with Crippen molar-refractivity contribution in [2.45, 2.75) is 43.9 Å². The Morgan fingerprint density at radius 2 is 1.53 bits per heavy atom. The van der Waals surface area contributed by atoms with Crippen LogP contribution in [0.25, 0.3) is 10.4 Å². The maximum absolute atomic E-state index is 13.2. The van der Waals surface area contributed by atoms with Crippen LogP contribution < -0.4 is 0 Å². The lowest BCUT2D eigenvalue weighted by molar-refractivity contribution is -0.141. The lowest BCUT2D eigenvalue weighted by atomic mass is 9.92. The molecule has 5 atom stereocenters. The summed E-state index contributed by atoms with van der Waals surface area (Å²) in [6.07, 6.45) is -8.02. The van der Waals surface area contributed by atoms with Crippen molar-refractivity contribution in [3.8, 4) is 10.4 Å². The number of thiophene rings is 1. The first kappa shape index (κ1) is 24.5. The van der Waals surface area contributed by atoms with Crippen molar-refractivity contribution in [2.75, 3.05) is 6.61 Å². The molecule has 0 aliphatic heterocycles. The lowest BCUT2D eigenvalue weighted by Crippen LogP contribution is -2.47. The van der Waals surface area contributed by atoms with Crippen LogP contribution in [-0.4, -0.2) is 61.7 Å². The Labute approximate surface area is 189 Å². The van der Waals surface area contributed by atoms with Gasteiger partial charge in [0.05, 0.1) is 6.61 Å². The Balaban J connectivity index is 1.76. The quantitative estimate of drug-likeness (QED) is 0.289. The van der Waals surface area contributed by atoms with E-state index in [4.69, 9.17) is 5.11 Å². The Hall–Kier alpha value is -2.17. The lowest BCUT2D eigenvalue weighted by Gasteiger charge is -2.29. The highest BCUT2D eigenvalue weighted by atomic mass is 32.1. The molecule has 3 aromatic rings. The molecule has 0 amide bonds. The van der Waals surface area contributed by atoms with Crippen LogP contribution in [-0.2, 0) is 6.42 Å². The Bertz CT molecular complexity index is 1020. The van der Waals surface area contributed by atoms with E-state index >= 15 is 0 Å². The van der Waals surface area contributed by atoms with Crippen molar-refractivity contribution in [3.05, 3.63) is 82.0 Å². The smallest absolute Gasteiger partial charge is 0.123 e. The first-order chi connectivity index (χ1) is 15.2. The average molecular weight is 463 g/mol. The fourth-order valence-electron chi connectivity index (χ4n) is 3.42. The first-order valence-corrected chi connectivity index (χ1v) is 11.0. The summed E-state index contributed by atoms with van der Waals surface area (Å²) in [7, 11) is 0. The van der Waals surface area contributed by atoms with Gasteiger partial charge in [0.1, 0.15) is 36.3 Å². The van der Waals surface area contributed by atoms with Crippen molar-refractivity contribution in [3.63, 3.8) is 0 Å². The zero-order valence-corrected chi connectivity index (χ0v) is 18.3. The molecule has 2 aromatic carbocycles. The predicted molar refractivity (Wildman–Crippen MR) is 120 cm³/mol. The SMILES string of the molecule is Cc1ccc([C@H](O)[C@H](O)[C@@H](O)[C@H](O)[C@H](O)CO)cc1Cc1ccc(-c2ccc(F)cc2)s1. The molecule has 1 aromatic heterocycles. The Morgan fingerprint density at radius 1 is 0.844 bits per heavy atom. The van der Waals surface area contributed by atoms with Crippen LogP contribution in [0.4, 0.5) is 4.39 Å². The van der Waals surface area contributed by atoms with Gasteiger partial charge in [0, 0.05) is 16.2 Å². The van der Waals surface area contributed by atoms with Crippen LogP contribution >= 0.6 is 11.3 Å². The number of benzene rings is 2. The minimum Gasteiger partial charge on any atom is -0.394 e. The third kappa shape index (κ3) is 5.60. The molecule has 0 radical (unpaired) electrons. The third-order valence-corrected chi connectivity index (χ3v) is 6.61. The Kier molecular flexibility index (Phi) is 8.13. The maximum Gasteiger partial charge on any atom is 0.123 e. The molecule has 0 saturated carbocycles. The second kappa shape index (κ2) is 10.6. The number of hydrogen-bond acceptors (Lipinski definition) is 7. The number of hydrogen-bond donors (Lipinski definition) is 6. The number of aliphatic hydroxyl groups is 6. The number of aryl methyl sites for hydroxylation is 1. The van der Waals surface area contributed by atoms with Crippen molar-refractivity contribution in [1.29, 1.82) is 0 Å². The number of aliphatic hydroxyl groups excluding tert-OH is 6. The van der Waals surface area contributed by atoms with Crippen LogP contribution in [0.1, 0.15) is 27.7 Å². The summed E-state index contributed by atoms with van der Waals surface area (Å²) in [5.74, 6) is -0.290. The van der Waals surface area contributed by atoms with E-state index in [1.807, 2.05) is 19.1 Å². The average Bonchev–Trinajstić information content (AvgIpc) is 3.26. The van der Waals surface area contributed by atoms with Gasteiger partial charge in [0.25, 0.3) is 0 Å². The molecule has 32 heavy (non-hydrogen) atoms. The molecule has 0 fully saturated rings. The van der Waals surface area contributed by atoms with Gasteiger partial charge < -0.3 is 30.6 Å². The van der Waals surface area contributed by atoms with E-state index in [0.717, 1.165) is 26.4 Å². The fourth-order valence-corrected chi connectivity index (χ4v) is 4.45. The molecule has 8 heteroatoms. The maximum atomic E-state index is 13.2. The van der Waals surface area contributed by atoms with E-state index in [0.29, 0.717) is 12.0 Å². The molecule has 6 nitrogen and oxygen atoms in total. The molecule has 0 unspecified atom stereocenters. The highest BCUT2D eigenvalue weighted by molar-refractivity contribution is 7.15. The molecular weight excluding hydrogens is 435 g/mol. The van der Waals surface area contributed by atoms with Crippen LogP contribution in [0.15, 0.2) is 54.6 Å². The predicted octanol–water partition coefficient (Wildman–Crippen LogP) is 1.92. The van der Waals surface area contributed by atoms with E-state index in [2.05, 4.69) is 0 Å². The van der Waals surface area contributed by atoms with Gasteiger partial charge in [-0.2, -0.15) is 0 Å². The molecule has 1 heterocycles. The van der Waals surface area contributed by atoms with E-state index in [1.165, 1.54) is 12.1 Å². The second-order valence-electron chi connectivity index (χ2n) is 7.80. The summed E-state index contributed by atoms with van der Waals surface area (Å²) in [6, 6.07) is 15.4. The monoisotopic (exact) mass is 462 g/mol. The summed E-state index contributed by atoms with van der Waals surface area (Å²) in [4.78, 5) is 2.06. The molecule has 0 spiro atoms. The highest BCUT2D eigenvalue weighted by Gasteiger charge is 2.34.